The molecule has 3 atom stereocenters. The van der Waals surface area contributed by atoms with Crippen molar-refractivity contribution in [3.63, 3.8) is 0 Å². The number of aliphatic imine (C=N–C) groups is 1. The van der Waals surface area contributed by atoms with E-state index < -0.39 is 0 Å². The zero-order valence-corrected chi connectivity index (χ0v) is 16.5. The Kier molecular flexibility index (Phi) is 8.49. The molecular formula is C15H32IN3O2. The van der Waals surface area contributed by atoms with E-state index in [4.69, 9.17) is 9.84 Å². The number of aliphatic hydroxyl groups excluding tert-OH is 1. The molecule has 0 heterocycles. The van der Waals surface area contributed by atoms with Crippen LogP contribution in [0.2, 0.25) is 0 Å². The standard InChI is InChI=1S/C15H31N3O2.HI/c1-7-16-13(17-9-11(2)10-19)18-12-8-15(5,20-6)14(12,3)4;/h11-12,19H,7-10H2,1-6H3,(H2,16,17,18);1H. The highest BCUT2D eigenvalue weighted by Crippen LogP contribution is 2.51. The van der Waals surface area contributed by atoms with Gasteiger partial charge in [-0.3, -0.25) is 4.99 Å². The maximum absolute atomic E-state index is 9.07. The third-order valence-electron chi connectivity index (χ3n) is 4.81. The number of hydrogen-bond donors (Lipinski definition) is 3. The van der Waals surface area contributed by atoms with E-state index in [0.29, 0.717) is 12.6 Å². The molecule has 0 aromatic carbocycles. The number of nitrogens with zero attached hydrogens (tertiary/aromatic N) is 1. The monoisotopic (exact) mass is 413 g/mol. The summed E-state index contributed by atoms with van der Waals surface area (Å²) < 4.78 is 5.64. The predicted octanol–water partition coefficient (Wildman–Crippen LogP) is 1.99. The van der Waals surface area contributed by atoms with Crippen molar-refractivity contribution in [2.24, 2.45) is 16.3 Å². The topological polar surface area (TPSA) is 65.9 Å². The molecule has 1 aliphatic rings. The van der Waals surface area contributed by atoms with E-state index in [1.54, 1.807) is 7.11 Å². The second kappa shape index (κ2) is 8.53. The van der Waals surface area contributed by atoms with Crippen LogP contribution in [0.15, 0.2) is 4.99 Å². The van der Waals surface area contributed by atoms with Crippen molar-refractivity contribution < 1.29 is 9.84 Å². The molecule has 5 nitrogen and oxygen atoms in total. The lowest BCUT2D eigenvalue weighted by atomic mass is 9.56. The van der Waals surface area contributed by atoms with E-state index in [2.05, 4.69) is 43.3 Å². The maximum atomic E-state index is 9.07. The van der Waals surface area contributed by atoms with Crippen molar-refractivity contribution in [2.45, 2.75) is 52.7 Å². The molecule has 0 aliphatic heterocycles. The molecule has 1 saturated carbocycles. The van der Waals surface area contributed by atoms with Crippen LogP contribution in [0.1, 0.15) is 41.0 Å². The van der Waals surface area contributed by atoms with Crippen molar-refractivity contribution in [2.75, 3.05) is 26.8 Å². The fraction of sp³-hybridized carbons (Fsp3) is 0.933. The first-order valence-corrected chi connectivity index (χ1v) is 7.51. The molecule has 0 bridgehead atoms. The quantitative estimate of drug-likeness (QED) is 0.354. The molecule has 0 radical (unpaired) electrons. The summed E-state index contributed by atoms with van der Waals surface area (Å²) in [4.78, 5) is 4.54. The molecule has 3 N–H and O–H groups in total. The number of methoxy groups -OCH3 is 1. The highest BCUT2D eigenvalue weighted by Gasteiger charge is 2.58. The molecular weight excluding hydrogens is 381 g/mol. The maximum Gasteiger partial charge on any atom is 0.191 e. The lowest BCUT2D eigenvalue weighted by Crippen LogP contribution is -2.69. The summed E-state index contributed by atoms with van der Waals surface area (Å²) in [6, 6.07) is 0.342. The fourth-order valence-corrected chi connectivity index (χ4v) is 2.51. The van der Waals surface area contributed by atoms with Crippen LogP contribution < -0.4 is 10.6 Å². The van der Waals surface area contributed by atoms with Gasteiger partial charge in [-0.1, -0.05) is 20.8 Å². The van der Waals surface area contributed by atoms with Crippen LogP contribution in [-0.2, 0) is 4.74 Å². The predicted molar refractivity (Wildman–Crippen MR) is 98.4 cm³/mol. The van der Waals surface area contributed by atoms with Gasteiger partial charge in [-0.05, 0) is 26.2 Å². The van der Waals surface area contributed by atoms with Gasteiger partial charge < -0.3 is 20.5 Å². The number of aliphatic hydroxyl groups is 1. The molecule has 126 valence electrons. The van der Waals surface area contributed by atoms with Gasteiger partial charge in [0.05, 0.1) is 5.60 Å². The third-order valence-corrected chi connectivity index (χ3v) is 4.81. The van der Waals surface area contributed by atoms with Crippen molar-refractivity contribution in [3.8, 4) is 0 Å². The first kappa shape index (κ1) is 20.9. The Balaban J connectivity index is 0.00000400. The van der Waals surface area contributed by atoms with Crippen molar-refractivity contribution in [1.82, 2.24) is 10.6 Å². The number of halogens is 1. The van der Waals surface area contributed by atoms with Crippen LogP contribution >= 0.6 is 24.0 Å². The van der Waals surface area contributed by atoms with Crippen molar-refractivity contribution in [1.29, 1.82) is 0 Å². The summed E-state index contributed by atoms with van der Waals surface area (Å²) in [5.41, 5.74) is -0.0269. The summed E-state index contributed by atoms with van der Waals surface area (Å²) in [6.45, 7) is 12.3. The van der Waals surface area contributed by atoms with Crippen LogP contribution in [-0.4, -0.2) is 49.5 Å². The Hall–Kier alpha value is -0.0800. The van der Waals surface area contributed by atoms with E-state index in [9.17, 15) is 0 Å². The zero-order valence-electron chi connectivity index (χ0n) is 14.2. The minimum absolute atomic E-state index is 0. The number of nitrogens with one attached hydrogen (secondary N) is 2. The highest BCUT2D eigenvalue weighted by atomic mass is 127. The number of ether oxygens (including phenoxy) is 1. The normalized spacial score (nSPS) is 29.1. The van der Waals surface area contributed by atoms with Gasteiger partial charge in [0.2, 0.25) is 0 Å². The van der Waals surface area contributed by atoms with Gasteiger partial charge in [-0.25, -0.2) is 0 Å². The van der Waals surface area contributed by atoms with Gasteiger partial charge >= 0.3 is 0 Å². The van der Waals surface area contributed by atoms with Crippen LogP contribution in [0.4, 0.5) is 0 Å². The molecule has 0 amide bonds. The average Bonchev–Trinajstić information content (AvgIpc) is 2.43. The summed E-state index contributed by atoms with van der Waals surface area (Å²) in [5.74, 6) is 1.01. The Morgan fingerprint density at radius 3 is 2.48 bits per heavy atom. The highest BCUT2D eigenvalue weighted by molar-refractivity contribution is 14.0. The van der Waals surface area contributed by atoms with Crippen molar-refractivity contribution >= 4 is 29.9 Å². The van der Waals surface area contributed by atoms with E-state index in [1.165, 1.54) is 0 Å². The van der Waals surface area contributed by atoms with Crippen molar-refractivity contribution in [3.05, 3.63) is 0 Å². The van der Waals surface area contributed by atoms with Crippen LogP contribution in [0, 0.1) is 11.3 Å². The Morgan fingerprint density at radius 1 is 1.43 bits per heavy atom. The molecule has 21 heavy (non-hydrogen) atoms. The van der Waals surface area contributed by atoms with Gasteiger partial charge in [-0.2, -0.15) is 0 Å². The Bertz CT molecular complexity index is 350. The van der Waals surface area contributed by atoms with Gasteiger partial charge in [0.25, 0.3) is 0 Å². The van der Waals surface area contributed by atoms with Crippen LogP contribution in [0.3, 0.4) is 0 Å². The zero-order chi connectivity index (χ0) is 15.4. The molecule has 1 rings (SSSR count). The van der Waals surface area contributed by atoms with Gasteiger partial charge in [0.15, 0.2) is 5.96 Å². The fourth-order valence-electron chi connectivity index (χ4n) is 2.51. The minimum Gasteiger partial charge on any atom is -0.396 e. The van der Waals surface area contributed by atoms with Crippen LogP contribution in [0.25, 0.3) is 0 Å². The van der Waals surface area contributed by atoms with E-state index >= 15 is 0 Å². The van der Waals surface area contributed by atoms with Crippen LogP contribution in [0.5, 0.6) is 0 Å². The molecule has 1 fully saturated rings. The molecule has 1 aliphatic carbocycles. The number of rotatable bonds is 6. The smallest absolute Gasteiger partial charge is 0.191 e. The molecule has 3 unspecified atom stereocenters. The van der Waals surface area contributed by atoms with Gasteiger partial charge in [0.1, 0.15) is 0 Å². The Morgan fingerprint density at radius 2 is 2.05 bits per heavy atom. The summed E-state index contributed by atoms with van der Waals surface area (Å²) in [6.07, 6.45) is 0.969. The minimum atomic E-state index is -0.0830. The summed E-state index contributed by atoms with van der Waals surface area (Å²) in [7, 11) is 1.78. The Labute approximate surface area is 146 Å². The lowest BCUT2D eigenvalue weighted by Gasteiger charge is -2.59. The summed E-state index contributed by atoms with van der Waals surface area (Å²) in [5, 5.41) is 15.8. The molecule has 0 aromatic heterocycles. The van der Waals surface area contributed by atoms with E-state index in [-0.39, 0.29) is 47.5 Å². The molecule has 0 spiro atoms. The van der Waals surface area contributed by atoms with E-state index in [0.717, 1.165) is 18.9 Å². The van der Waals surface area contributed by atoms with Gasteiger partial charge in [0, 0.05) is 38.3 Å². The first-order chi connectivity index (χ1) is 9.30. The average molecular weight is 413 g/mol. The molecule has 0 saturated heterocycles. The first-order valence-electron chi connectivity index (χ1n) is 7.51. The lowest BCUT2D eigenvalue weighted by molar-refractivity contribution is -0.176. The van der Waals surface area contributed by atoms with Gasteiger partial charge in [-0.15, -0.1) is 24.0 Å². The molecule has 6 heteroatoms. The second-order valence-electron chi connectivity index (χ2n) is 6.57. The number of hydrogen-bond acceptors (Lipinski definition) is 3. The summed E-state index contributed by atoms with van der Waals surface area (Å²) >= 11 is 0. The second-order valence-corrected chi connectivity index (χ2v) is 6.57. The largest absolute Gasteiger partial charge is 0.396 e. The van der Waals surface area contributed by atoms with E-state index in [1.807, 2.05) is 6.92 Å². The number of guanidine groups is 1. The molecule has 0 aromatic rings. The SMILES string of the molecule is CCNC(=NCC(C)CO)NC1CC(C)(OC)C1(C)C.I. The third kappa shape index (κ3) is 4.69.